The molecule has 0 aliphatic carbocycles. The van der Waals surface area contributed by atoms with Crippen molar-refractivity contribution in [3.05, 3.63) is 42.6 Å². The summed E-state index contributed by atoms with van der Waals surface area (Å²) in [5.41, 5.74) is 8.29. The first-order chi connectivity index (χ1) is 8.34. The van der Waals surface area contributed by atoms with Gasteiger partial charge in [-0.05, 0) is 24.3 Å². The Kier molecular flexibility index (Phi) is 2.15. The molecule has 0 fully saturated rings. The lowest BCUT2D eigenvalue weighted by Crippen LogP contribution is -1.90. The number of hydrogen-bond acceptors (Lipinski definition) is 3. The molecule has 0 aliphatic rings. The molecule has 0 radical (unpaired) electrons. The fourth-order valence-electron chi connectivity index (χ4n) is 1.68. The zero-order chi connectivity index (χ0) is 11.7. The lowest BCUT2D eigenvalue weighted by molar-refractivity contribution is 1.09. The number of rotatable bonds is 2. The van der Waals surface area contributed by atoms with Gasteiger partial charge in [0.1, 0.15) is 0 Å². The normalized spacial score (nSPS) is 10.6. The van der Waals surface area contributed by atoms with Crippen LogP contribution >= 0.6 is 0 Å². The molecular weight excluding hydrogens is 214 g/mol. The monoisotopic (exact) mass is 225 g/mol. The van der Waals surface area contributed by atoms with Crippen molar-refractivity contribution in [3.63, 3.8) is 0 Å². The molecule has 0 spiro atoms. The van der Waals surface area contributed by atoms with Gasteiger partial charge in [-0.3, -0.25) is 5.10 Å². The van der Waals surface area contributed by atoms with Gasteiger partial charge in [-0.25, -0.2) is 4.98 Å². The van der Waals surface area contributed by atoms with Crippen LogP contribution in [0.15, 0.2) is 42.6 Å². The number of aromatic amines is 2. The number of nitrogen functional groups attached to an aromatic ring is 1. The topological polar surface area (TPSA) is 83.4 Å². The molecule has 0 aliphatic heterocycles. The van der Waals surface area contributed by atoms with E-state index < -0.39 is 0 Å². The molecule has 2 aromatic heterocycles. The first kappa shape index (κ1) is 9.65. The lowest BCUT2D eigenvalue weighted by Gasteiger charge is -1.98. The Labute approximate surface area is 97.7 Å². The third kappa shape index (κ3) is 1.67. The van der Waals surface area contributed by atoms with Crippen LogP contribution in [0.25, 0.3) is 22.9 Å². The van der Waals surface area contributed by atoms with E-state index in [1.165, 1.54) is 0 Å². The van der Waals surface area contributed by atoms with Crippen molar-refractivity contribution in [3.8, 4) is 22.9 Å². The number of H-pyrrole nitrogens is 2. The van der Waals surface area contributed by atoms with Crippen molar-refractivity contribution in [1.29, 1.82) is 0 Å². The number of anilines is 1. The van der Waals surface area contributed by atoms with Crippen molar-refractivity contribution < 1.29 is 0 Å². The highest BCUT2D eigenvalue weighted by Gasteiger charge is 2.09. The van der Waals surface area contributed by atoms with Crippen LogP contribution in [0.3, 0.4) is 0 Å². The summed E-state index contributed by atoms with van der Waals surface area (Å²) in [5, 5.41) is 7.05. The van der Waals surface area contributed by atoms with Crippen LogP contribution < -0.4 is 5.73 Å². The molecule has 17 heavy (non-hydrogen) atoms. The second-order valence-electron chi connectivity index (χ2n) is 3.68. The Bertz CT molecular complexity index is 624. The maximum atomic E-state index is 5.88. The highest BCUT2D eigenvalue weighted by Crippen LogP contribution is 2.23. The molecule has 5 nitrogen and oxygen atoms in total. The molecular formula is C12H11N5. The summed E-state index contributed by atoms with van der Waals surface area (Å²) in [6, 6.07) is 11.4. The third-order valence-electron chi connectivity index (χ3n) is 2.54. The van der Waals surface area contributed by atoms with E-state index in [1.54, 1.807) is 0 Å². The Morgan fingerprint density at radius 2 is 1.94 bits per heavy atom. The molecule has 84 valence electrons. The molecule has 3 rings (SSSR count). The molecule has 1 aromatic carbocycles. The molecule has 0 bridgehead atoms. The molecule has 0 saturated carbocycles. The summed E-state index contributed by atoms with van der Waals surface area (Å²) in [5.74, 6) is 1.31. The van der Waals surface area contributed by atoms with E-state index in [0.29, 0.717) is 17.3 Å². The quantitative estimate of drug-likeness (QED) is 0.583. The van der Waals surface area contributed by atoms with E-state index in [2.05, 4.69) is 20.2 Å². The molecule has 3 aromatic rings. The van der Waals surface area contributed by atoms with E-state index in [0.717, 1.165) is 11.3 Å². The smallest absolute Gasteiger partial charge is 0.183 e. The van der Waals surface area contributed by atoms with E-state index in [-0.39, 0.29) is 0 Å². The number of aromatic nitrogens is 4. The van der Waals surface area contributed by atoms with Gasteiger partial charge in [-0.15, -0.1) is 0 Å². The van der Waals surface area contributed by atoms with Crippen LogP contribution in [0.2, 0.25) is 0 Å². The largest absolute Gasteiger partial charge is 0.398 e. The van der Waals surface area contributed by atoms with Crippen molar-refractivity contribution >= 4 is 5.69 Å². The van der Waals surface area contributed by atoms with Gasteiger partial charge in [-0.1, -0.05) is 12.1 Å². The highest BCUT2D eigenvalue weighted by atomic mass is 15.2. The van der Waals surface area contributed by atoms with Gasteiger partial charge in [0.25, 0.3) is 0 Å². The number of benzene rings is 1. The predicted molar refractivity (Wildman–Crippen MR) is 66.0 cm³/mol. The molecule has 0 amide bonds. The number of nitrogens with zero attached hydrogens (tertiary/aromatic N) is 2. The van der Waals surface area contributed by atoms with Gasteiger partial charge < -0.3 is 10.7 Å². The minimum Gasteiger partial charge on any atom is -0.398 e. The lowest BCUT2D eigenvalue weighted by atomic mass is 10.2. The maximum Gasteiger partial charge on any atom is 0.183 e. The molecule has 5 heteroatoms. The standard InChI is InChI=1S/C12H11N5/c13-9-5-2-1-4-8(9)11-15-12(17-16-11)10-6-3-7-14-10/h1-7,14H,13H2,(H,15,16,17). The van der Waals surface area contributed by atoms with Crippen LogP contribution in [-0.2, 0) is 0 Å². The predicted octanol–water partition coefficient (Wildman–Crippen LogP) is 2.05. The molecule has 2 heterocycles. The number of nitrogens with one attached hydrogen (secondary N) is 2. The van der Waals surface area contributed by atoms with Crippen LogP contribution in [-0.4, -0.2) is 20.2 Å². The van der Waals surface area contributed by atoms with Gasteiger partial charge in [-0.2, -0.15) is 5.10 Å². The summed E-state index contributed by atoms with van der Waals surface area (Å²) in [7, 11) is 0. The van der Waals surface area contributed by atoms with Crippen molar-refractivity contribution in [2.45, 2.75) is 0 Å². The summed E-state index contributed by atoms with van der Waals surface area (Å²) in [4.78, 5) is 7.47. The fourth-order valence-corrected chi connectivity index (χ4v) is 1.68. The second kappa shape index (κ2) is 3.79. The highest BCUT2D eigenvalue weighted by molar-refractivity contribution is 5.72. The molecule has 0 atom stereocenters. The van der Waals surface area contributed by atoms with Gasteiger partial charge in [0.15, 0.2) is 11.6 Å². The molecule has 4 N–H and O–H groups in total. The van der Waals surface area contributed by atoms with Crippen LogP contribution in [0.5, 0.6) is 0 Å². The van der Waals surface area contributed by atoms with Crippen molar-refractivity contribution in [2.24, 2.45) is 0 Å². The van der Waals surface area contributed by atoms with Crippen LogP contribution in [0, 0.1) is 0 Å². The van der Waals surface area contributed by atoms with Crippen LogP contribution in [0.4, 0.5) is 5.69 Å². The van der Waals surface area contributed by atoms with E-state index in [1.807, 2.05) is 42.6 Å². The van der Waals surface area contributed by atoms with E-state index >= 15 is 0 Å². The minimum absolute atomic E-state index is 0.604. The average molecular weight is 225 g/mol. The van der Waals surface area contributed by atoms with Gasteiger partial charge in [0, 0.05) is 17.4 Å². The Morgan fingerprint density at radius 1 is 1.06 bits per heavy atom. The van der Waals surface area contributed by atoms with E-state index in [4.69, 9.17) is 5.73 Å². The van der Waals surface area contributed by atoms with Crippen molar-refractivity contribution in [1.82, 2.24) is 20.2 Å². The maximum absolute atomic E-state index is 5.88. The Morgan fingerprint density at radius 3 is 2.71 bits per heavy atom. The first-order valence-electron chi connectivity index (χ1n) is 5.25. The molecule has 0 unspecified atom stereocenters. The summed E-state index contributed by atoms with van der Waals surface area (Å²) >= 11 is 0. The van der Waals surface area contributed by atoms with Crippen molar-refractivity contribution in [2.75, 3.05) is 5.73 Å². The number of hydrogen-bond donors (Lipinski definition) is 3. The number of para-hydroxylation sites is 1. The first-order valence-corrected chi connectivity index (χ1v) is 5.25. The minimum atomic E-state index is 0.604. The summed E-state index contributed by atoms with van der Waals surface area (Å²) in [6.45, 7) is 0. The third-order valence-corrected chi connectivity index (χ3v) is 2.54. The summed E-state index contributed by atoms with van der Waals surface area (Å²) < 4.78 is 0. The van der Waals surface area contributed by atoms with Crippen LogP contribution in [0.1, 0.15) is 0 Å². The summed E-state index contributed by atoms with van der Waals surface area (Å²) in [6.07, 6.45) is 1.84. The van der Waals surface area contributed by atoms with Gasteiger partial charge in [0.05, 0.1) is 5.69 Å². The second-order valence-corrected chi connectivity index (χ2v) is 3.68. The van der Waals surface area contributed by atoms with E-state index in [9.17, 15) is 0 Å². The Hall–Kier alpha value is -2.56. The van der Waals surface area contributed by atoms with Gasteiger partial charge in [0.2, 0.25) is 0 Å². The van der Waals surface area contributed by atoms with Gasteiger partial charge >= 0.3 is 0 Å². The number of nitrogens with two attached hydrogens (primary N) is 1. The Balaban J connectivity index is 2.04. The fraction of sp³-hybridized carbons (Fsp3) is 0. The average Bonchev–Trinajstić information content (AvgIpc) is 3.00. The molecule has 0 saturated heterocycles. The zero-order valence-corrected chi connectivity index (χ0v) is 9.01. The zero-order valence-electron chi connectivity index (χ0n) is 9.01. The SMILES string of the molecule is Nc1ccccc1-c1n[nH]c(-c2ccc[nH]2)n1.